The quantitative estimate of drug-likeness (QED) is 0.552. The van der Waals surface area contributed by atoms with Crippen molar-refractivity contribution < 1.29 is 24.2 Å². The van der Waals surface area contributed by atoms with Crippen molar-refractivity contribution >= 4 is 23.7 Å². The Morgan fingerprint density at radius 3 is 2.14 bits per heavy atom. The van der Waals surface area contributed by atoms with Crippen molar-refractivity contribution in [1.82, 2.24) is 5.32 Å². The Balaban J connectivity index is 1.24. The molecule has 1 aliphatic carbocycles. The van der Waals surface area contributed by atoms with Gasteiger partial charge in [0, 0.05) is 24.1 Å². The van der Waals surface area contributed by atoms with Gasteiger partial charge in [-0.1, -0.05) is 66.7 Å². The molecule has 0 aromatic heterocycles. The molecule has 0 saturated carbocycles. The van der Waals surface area contributed by atoms with Crippen molar-refractivity contribution in [2.45, 2.75) is 31.2 Å². The van der Waals surface area contributed by atoms with E-state index in [0.717, 1.165) is 27.8 Å². The lowest BCUT2D eigenvalue weighted by atomic mass is 9.98. The third-order valence-corrected chi connectivity index (χ3v) is 6.81. The van der Waals surface area contributed by atoms with Gasteiger partial charge in [0.05, 0.1) is 6.42 Å². The molecule has 7 heteroatoms. The molecule has 2 amide bonds. The number of carbonyl (C=O) groups is 3. The van der Waals surface area contributed by atoms with Gasteiger partial charge in [0.1, 0.15) is 12.6 Å². The van der Waals surface area contributed by atoms with E-state index >= 15 is 0 Å². The first-order valence-corrected chi connectivity index (χ1v) is 11.7. The number of para-hydroxylation sites is 1. The molecule has 3 aromatic carbocycles. The first-order valence-electron chi connectivity index (χ1n) is 11.7. The molecule has 1 heterocycles. The third kappa shape index (κ3) is 4.25. The Hall–Kier alpha value is -4.13. The summed E-state index contributed by atoms with van der Waals surface area (Å²) < 4.78 is 5.57. The maximum absolute atomic E-state index is 13.2. The van der Waals surface area contributed by atoms with Crippen LogP contribution in [-0.4, -0.2) is 42.3 Å². The molecule has 2 N–H and O–H groups in total. The van der Waals surface area contributed by atoms with Gasteiger partial charge in [0.25, 0.3) is 0 Å². The van der Waals surface area contributed by atoms with Crippen LogP contribution in [0.25, 0.3) is 11.1 Å². The second-order valence-corrected chi connectivity index (χ2v) is 8.99. The highest BCUT2D eigenvalue weighted by Gasteiger charge is 2.36. The number of carbonyl (C=O) groups excluding carboxylic acids is 2. The number of amides is 2. The van der Waals surface area contributed by atoms with Crippen LogP contribution in [0.4, 0.5) is 10.5 Å². The minimum absolute atomic E-state index is 0.0605. The Morgan fingerprint density at radius 1 is 0.943 bits per heavy atom. The lowest BCUT2D eigenvalue weighted by Crippen LogP contribution is -2.47. The standard InChI is InChI=1S/C28H26N2O5/c1-17(27(33)30-15-18(14-26(31)32)19-8-6-7-13-25(19)30)29-28(34)35-16-24-22-11-4-2-9-20(22)21-10-3-5-12-23(21)24/h2-13,17-18,24H,14-16H2,1H3,(H,29,34)(H,31,32). The highest BCUT2D eigenvalue weighted by molar-refractivity contribution is 6.00. The maximum Gasteiger partial charge on any atom is 0.407 e. The summed E-state index contributed by atoms with van der Waals surface area (Å²) in [7, 11) is 0. The highest BCUT2D eigenvalue weighted by Crippen LogP contribution is 2.44. The molecular formula is C28H26N2O5. The van der Waals surface area contributed by atoms with Crippen molar-refractivity contribution in [3.63, 3.8) is 0 Å². The fraction of sp³-hybridized carbons (Fsp3) is 0.250. The molecule has 178 valence electrons. The number of hydrogen-bond acceptors (Lipinski definition) is 4. The fourth-order valence-corrected chi connectivity index (χ4v) is 5.20. The minimum Gasteiger partial charge on any atom is -0.481 e. The molecule has 0 radical (unpaired) electrons. The number of alkyl carbamates (subject to hydrolysis) is 1. The van der Waals surface area contributed by atoms with Crippen molar-refractivity contribution in [3.05, 3.63) is 89.5 Å². The number of carboxylic acid groups (broad SMARTS) is 1. The number of ether oxygens (including phenoxy) is 1. The molecule has 7 nitrogen and oxygen atoms in total. The van der Waals surface area contributed by atoms with Gasteiger partial charge in [-0.05, 0) is 40.8 Å². The van der Waals surface area contributed by atoms with Gasteiger partial charge < -0.3 is 20.1 Å². The van der Waals surface area contributed by atoms with Gasteiger partial charge in [-0.15, -0.1) is 0 Å². The number of carboxylic acids is 1. The summed E-state index contributed by atoms with van der Waals surface area (Å²) in [6.45, 7) is 2.03. The summed E-state index contributed by atoms with van der Waals surface area (Å²) in [5, 5.41) is 11.9. The molecule has 0 saturated heterocycles. The summed E-state index contributed by atoms with van der Waals surface area (Å²) in [5.74, 6) is -1.57. The van der Waals surface area contributed by atoms with Crippen LogP contribution in [0.5, 0.6) is 0 Å². The average molecular weight is 471 g/mol. The lowest BCUT2D eigenvalue weighted by Gasteiger charge is -2.23. The smallest absolute Gasteiger partial charge is 0.407 e. The van der Waals surface area contributed by atoms with Crippen LogP contribution in [0.1, 0.15) is 41.9 Å². The summed E-state index contributed by atoms with van der Waals surface area (Å²) in [6, 6.07) is 22.6. The Bertz CT molecular complexity index is 1260. The molecule has 3 aromatic rings. The molecule has 0 spiro atoms. The van der Waals surface area contributed by atoms with Gasteiger partial charge >= 0.3 is 12.1 Å². The predicted octanol–water partition coefficient (Wildman–Crippen LogP) is 4.52. The Kier molecular flexibility index (Phi) is 5.99. The summed E-state index contributed by atoms with van der Waals surface area (Å²) >= 11 is 0. The molecule has 2 unspecified atom stereocenters. The van der Waals surface area contributed by atoms with Crippen LogP contribution in [0, 0.1) is 0 Å². The second kappa shape index (κ2) is 9.25. The number of nitrogens with one attached hydrogen (secondary N) is 1. The van der Waals surface area contributed by atoms with Crippen molar-refractivity contribution in [2.75, 3.05) is 18.1 Å². The number of hydrogen-bond donors (Lipinski definition) is 2. The van der Waals surface area contributed by atoms with E-state index in [0.29, 0.717) is 5.69 Å². The number of fused-ring (bicyclic) bond motifs is 4. The first-order chi connectivity index (χ1) is 16.9. The molecule has 0 fully saturated rings. The number of rotatable bonds is 6. The van der Waals surface area contributed by atoms with Gasteiger partial charge in [0.15, 0.2) is 0 Å². The average Bonchev–Trinajstić information content (AvgIpc) is 3.38. The van der Waals surface area contributed by atoms with Crippen LogP contribution >= 0.6 is 0 Å². The second-order valence-electron chi connectivity index (χ2n) is 8.99. The summed E-state index contributed by atoms with van der Waals surface area (Å²) in [4.78, 5) is 38.6. The molecule has 2 atom stereocenters. The lowest BCUT2D eigenvalue weighted by molar-refractivity contribution is -0.137. The number of benzene rings is 3. The minimum atomic E-state index is -0.913. The molecule has 0 bridgehead atoms. The van der Waals surface area contributed by atoms with Crippen LogP contribution in [0.2, 0.25) is 0 Å². The van der Waals surface area contributed by atoms with E-state index in [4.69, 9.17) is 4.74 Å². The van der Waals surface area contributed by atoms with Crippen molar-refractivity contribution in [2.24, 2.45) is 0 Å². The number of nitrogens with zero attached hydrogens (tertiary/aromatic N) is 1. The van der Waals surface area contributed by atoms with Crippen LogP contribution < -0.4 is 10.2 Å². The van der Waals surface area contributed by atoms with E-state index in [-0.39, 0.29) is 37.3 Å². The summed E-state index contributed by atoms with van der Waals surface area (Å²) in [6.07, 6.45) is -0.725. The molecule has 5 rings (SSSR count). The third-order valence-electron chi connectivity index (χ3n) is 6.81. The maximum atomic E-state index is 13.2. The van der Waals surface area contributed by atoms with Gasteiger partial charge in [0.2, 0.25) is 5.91 Å². The molecular weight excluding hydrogens is 444 g/mol. The van der Waals surface area contributed by atoms with E-state index in [1.165, 1.54) is 0 Å². The van der Waals surface area contributed by atoms with Gasteiger partial charge in [-0.3, -0.25) is 9.59 Å². The van der Waals surface area contributed by atoms with E-state index in [2.05, 4.69) is 17.4 Å². The van der Waals surface area contributed by atoms with Gasteiger partial charge in [-0.2, -0.15) is 0 Å². The summed E-state index contributed by atoms with van der Waals surface area (Å²) in [5.41, 5.74) is 6.03. The van der Waals surface area contributed by atoms with Crippen LogP contribution in [0.3, 0.4) is 0 Å². The highest BCUT2D eigenvalue weighted by atomic mass is 16.5. The van der Waals surface area contributed by atoms with Gasteiger partial charge in [-0.25, -0.2) is 4.79 Å². The van der Waals surface area contributed by atoms with Crippen LogP contribution in [0.15, 0.2) is 72.8 Å². The van der Waals surface area contributed by atoms with E-state index in [9.17, 15) is 19.5 Å². The Labute approximate surface area is 203 Å². The van der Waals surface area contributed by atoms with Crippen molar-refractivity contribution in [1.29, 1.82) is 0 Å². The molecule has 1 aliphatic heterocycles. The van der Waals surface area contributed by atoms with E-state index < -0.39 is 18.1 Å². The van der Waals surface area contributed by atoms with Crippen molar-refractivity contribution in [3.8, 4) is 11.1 Å². The first kappa shape index (κ1) is 22.7. The SMILES string of the molecule is CC(NC(=O)OCC1c2ccccc2-c2ccccc21)C(=O)N1CC(CC(=O)O)c2ccccc21. The number of aliphatic carboxylic acids is 1. The zero-order chi connectivity index (χ0) is 24.5. The molecule has 35 heavy (non-hydrogen) atoms. The monoisotopic (exact) mass is 470 g/mol. The Morgan fingerprint density at radius 2 is 1.51 bits per heavy atom. The normalized spacial score (nSPS) is 16.7. The van der Waals surface area contributed by atoms with E-state index in [1.54, 1.807) is 17.9 Å². The zero-order valence-corrected chi connectivity index (χ0v) is 19.3. The molecule has 2 aliphatic rings. The number of anilines is 1. The van der Waals surface area contributed by atoms with E-state index in [1.807, 2.05) is 54.6 Å². The topological polar surface area (TPSA) is 95.9 Å². The predicted molar refractivity (Wildman–Crippen MR) is 131 cm³/mol. The van der Waals surface area contributed by atoms with Crippen LogP contribution in [-0.2, 0) is 14.3 Å². The fourth-order valence-electron chi connectivity index (χ4n) is 5.20. The zero-order valence-electron chi connectivity index (χ0n) is 19.3. The largest absolute Gasteiger partial charge is 0.481 e.